The van der Waals surface area contributed by atoms with E-state index in [9.17, 15) is 18.0 Å². The van der Waals surface area contributed by atoms with Gasteiger partial charge in [-0.1, -0.05) is 0 Å². The van der Waals surface area contributed by atoms with Crippen LogP contribution in [0.15, 0.2) is 56.8 Å². The maximum atomic E-state index is 12.1. The summed E-state index contributed by atoms with van der Waals surface area (Å²) in [6.07, 6.45) is 3.26. The zero-order valence-electron chi connectivity index (χ0n) is 13.6. The van der Waals surface area contributed by atoms with E-state index in [0.29, 0.717) is 10.2 Å². The average molecular weight is 441 g/mol. The van der Waals surface area contributed by atoms with Gasteiger partial charge < -0.3 is 4.57 Å². The van der Waals surface area contributed by atoms with Crippen molar-refractivity contribution in [2.75, 3.05) is 5.43 Å². The number of sulfonamides is 1. The summed E-state index contributed by atoms with van der Waals surface area (Å²) in [6.45, 7) is -0.150. The van der Waals surface area contributed by atoms with Gasteiger partial charge in [-0.05, 0) is 59.1 Å². The molecule has 1 fully saturated rings. The van der Waals surface area contributed by atoms with Crippen LogP contribution in [0.3, 0.4) is 0 Å². The Balaban J connectivity index is 1.56. The molecule has 2 aromatic rings. The van der Waals surface area contributed by atoms with Crippen molar-refractivity contribution in [1.82, 2.24) is 14.7 Å². The van der Waals surface area contributed by atoms with Gasteiger partial charge in [0, 0.05) is 22.8 Å². The van der Waals surface area contributed by atoms with Crippen molar-refractivity contribution in [2.24, 2.45) is 0 Å². The molecule has 0 saturated heterocycles. The molecule has 1 amide bonds. The van der Waals surface area contributed by atoms with Crippen molar-refractivity contribution in [3.8, 4) is 0 Å². The van der Waals surface area contributed by atoms with Crippen LogP contribution in [-0.2, 0) is 21.4 Å². The molecular formula is C16H17BrN4O4S. The first-order valence-electron chi connectivity index (χ1n) is 7.87. The van der Waals surface area contributed by atoms with E-state index in [0.717, 1.165) is 12.8 Å². The van der Waals surface area contributed by atoms with Gasteiger partial charge in [0.1, 0.15) is 6.54 Å². The summed E-state index contributed by atoms with van der Waals surface area (Å²) < 4.78 is 28.7. The number of rotatable bonds is 7. The summed E-state index contributed by atoms with van der Waals surface area (Å²) in [6, 6.07) is 9.01. The SMILES string of the molecule is O=C(Cn1cc(Br)ccc1=O)NNc1ccc(S(=O)(=O)NC2CC2)cc1. The number of benzene rings is 1. The summed E-state index contributed by atoms with van der Waals surface area (Å²) >= 11 is 3.24. The van der Waals surface area contributed by atoms with Gasteiger partial charge in [0.05, 0.1) is 10.6 Å². The van der Waals surface area contributed by atoms with Crippen LogP contribution in [0.1, 0.15) is 12.8 Å². The lowest BCUT2D eigenvalue weighted by molar-refractivity contribution is -0.121. The zero-order chi connectivity index (χ0) is 18.7. The third-order valence-corrected chi connectivity index (χ3v) is 5.68. The molecule has 1 aromatic carbocycles. The number of nitrogens with zero attached hydrogens (tertiary/aromatic N) is 1. The summed E-state index contributed by atoms with van der Waals surface area (Å²) in [5, 5.41) is 0. The van der Waals surface area contributed by atoms with Gasteiger partial charge in [0.2, 0.25) is 10.0 Å². The fraction of sp³-hybridized carbons (Fsp3) is 0.250. The van der Waals surface area contributed by atoms with E-state index in [1.165, 1.54) is 29.0 Å². The smallest absolute Gasteiger partial charge is 0.258 e. The number of hydrazine groups is 1. The minimum Gasteiger partial charge on any atom is -0.305 e. The zero-order valence-corrected chi connectivity index (χ0v) is 16.0. The Kier molecular flexibility index (Phi) is 5.44. The van der Waals surface area contributed by atoms with Gasteiger partial charge in [-0.25, -0.2) is 13.1 Å². The highest BCUT2D eigenvalue weighted by atomic mass is 79.9. The molecular weight excluding hydrogens is 424 g/mol. The molecule has 1 aromatic heterocycles. The number of nitrogens with one attached hydrogen (secondary N) is 3. The topological polar surface area (TPSA) is 109 Å². The number of aromatic nitrogens is 1. The second-order valence-corrected chi connectivity index (χ2v) is 8.54. The first kappa shape index (κ1) is 18.6. The number of pyridine rings is 1. The summed E-state index contributed by atoms with van der Waals surface area (Å²) in [7, 11) is -3.50. The molecule has 0 atom stereocenters. The van der Waals surface area contributed by atoms with Crippen LogP contribution in [0.25, 0.3) is 0 Å². The Labute approximate surface area is 158 Å². The Morgan fingerprint density at radius 2 is 1.85 bits per heavy atom. The predicted octanol–water partition coefficient (Wildman–Crippen LogP) is 1.19. The highest BCUT2D eigenvalue weighted by molar-refractivity contribution is 9.10. The molecule has 0 aliphatic heterocycles. The molecule has 1 saturated carbocycles. The van der Waals surface area contributed by atoms with Crippen molar-refractivity contribution >= 4 is 37.5 Å². The number of carbonyl (C=O) groups excluding carboxylic acids is 1. The van der Waals surface area contributed by atoms with Crippen LogP contribution in [-0.4, -0.2) is 24.9 Å². The first-order valence-corrected chi connectivity index (χ1v) is 10.1. The van der Waals surface area contributed by atoms with Gasteiger partial charge in [-0.15, -0.1) is 0 Å². The largest absolute Gasteiger partial charge is 0.305 e. The maximum Gasteiger partial charge on any atom is 0.258 e. The number of amides is 1. The third-order valence-electron chi connectivity index (χ3n) is 3.67. The number of hydrogen-bond acceptors (Lipinski definition) is 5. The third kappa shape index (κ3) is 4.93. The van der Waals surface area contributed by atoms with Crippen molar-refractivity contribution in [1.29, 1.82) is 0 Å². The lowest BCUT2D eigenvalue weighted by atomic mass is 10.3. The number of hydrogen-bond donors (Lipinski definition) is 3. The highest BCUT2D eigenvalue weighted by Gasteiger charge is 2.27. The maximum absolute atomic E-state index is 12.1. The normalized spacial score (nSPS) is 14.0. The van der Waals surface area contributed by atoms with E-state index in [-0.39, 0.29) is 23.0 Å². The predicted molar refractivity (Wildman–Crippen MR) is 100.0 cm³/mol. The molecule has 0 radical (unpaired) electrons. The van der Waals surface area contributed by atoms with Crippen molar-refractivity contribution < 1.29 is 13.2 Å². The molecule has 0 bridgehead atoms. The fourth-order valence-electron chi connectivity index (χ4n) is 2.17. The average Bonchev–Trinajstić information content (AvgIpc) is 3.40. The Morgan fingerprint density at radius 3 is 2.50 bits per heavy atom. The van der Waals surface area contributed by atoms with E-state index in [2.05, 4.69) is 31.5 Å². The molecule has 0 spiro atoms. The molecule has 0 unspecified atom stereocenters. The highest BCUT2D eigenvalue weighted by Crippen LogP contribution is 2.22. The van der Waals surface area contributed by atoms with E-state index in [1.54, 1.807) is 18.2 Å². The van der Waals surface area contributed by atoms with E-state index in [1.807, 2.05) is 0 Å². The summed E-state index contributed by atoms with van der Waals surface area (Å²) in [4.78, 5) is 23.8. The molecule has 10 heteroatoms. The van der Waals surface area contributed by atoms with E-state index >= 15 is 0 Å². The van der Waals surface area contributed by atoms with Crippen LogP contribution in [0.4, 0.5) is 5.69 Å². The molecule has 3 N–H and O–H groups in total. The number of carbonyl (C=O) groups is 1. The van der Waals surface area contributed by atoms with Crippen molar-refractivity contribution in [3.63, 3.8) is 0 Å². The van der Waals surface area contributed by atoms with Crippen molar-refractivity contribution in [2.45, 2.75) is 30.3 Å². The second kappa shape index (κ2) is 7.60. The van der Waals surface area contributed by atoms with Crippen LogP contribution in [0.2, 0.25) is 0 Å². The van der Waals surface area contributed by atoms with Gasteiger partial charge in [-0.3, -0.25) is 20.4 Å². The van der Waals surface area contributed by atoms with E-state index in [4.69, 9.17) is 0 Å². The van der Waals surface area contributed by atoms with Gasteiger partial charge in [-0.2, -0.15) is 0 Å². The number of halogens is 1. The Morgan fingerprint density at radius 1 is 1.15 bits per heavy atom. The summed E-state index contributed by atoms with van der Waals surface area (Å²) in [5.41, 5.74) is 5.38. The minimum atomic E-state index is -3.50. The molecule has 1 aliphatic carbocycles. The van der Waals surface area contributed by atoms with Crippen LogP contribution < -0.4 is 21.1 Å². The quantitative estimate of drug-likeness (QED) is 0.560. The minimum absolute atomic E-state index is 0.0403. The first-order chi connectivity index (χ1) is 12.3. The van der Waals surface area contributed by atoms with Crippen LogP contribution in [0, 0.1) is 0 Å². The van der Waals surface area contributed by atoms with Gasteiger partial charge >= 0.3 is 0 Å². The molecule has 3 rings (SSSR count). The standard InChI is InChI=1S/C16H17BrN4O4S/c17-11-1-8-16(23)21(9-11)10-15(22)19-18-12-4-6-14(7-5-12)26(24,25)20-13-2-3-13/h1,4-9,13,18,20H,2-3,10H2,(H,19,22). The monoisotopic (exact) mass is 440 g/mol. The number of anilines is 1. The fourth-order valence-corrected chi connectivity index (χ4v) is 3.85. The van der Waals surface area contributed by atoms with Crippen molar-refractivity contribution in [3.05, 3.63) is 57.4 Å². The summed E-state index contributed by atoms with van der Waals surface area (Å²) in [5.74, 6) is -0.419. The van der Waals surface area contributed by atoms with Gasteiger partial charge in [0.25, 0.3) is 11.5 Å². The molecule has 26 heavy (non-hydrogen) atoms. The molecule has 8 nitrogen and oxygen atoms in total. The second-order valence-electron chi connectivity index (χ2n) is 5.91. The Bertz CT molecular complexity index is 968. The van der Waals surface area contributed by atoms with E-state index < -0.39 is 15.9 Å². The van der Waals surface area contributed by atoms with Crippen LogP contribution in [0.5, 0.6) is 0 Å². The molecule has 138 valence electrons. The van der Waals surface area contributed by atoms with Crippen LogP contribution >= 0.6 is 15.9 Å². The lowest BCUT2D eigenvalue weighted by Gasteiger charge is -2.11. The lowest BCUT2D eigenvalue weighted by Crippen LogP contribution is -2.35. The molecule has 1 aliphatic rings. The molecule has 1 heterocycles. The van der Waals surface area contributed by atoms with Gasteiger partial charge in [0.15, 0.2) is 0 Å². The Hall–Kier alpha value is -2.17.